The van der Waals surface area contributed by atoms with Crippen molar-refractivity contribution in [2.45, 2.75) is 19.4 Å². The Morgan fingerprint density at radius 3 is 2.86 bits per heavy atom. The van der Waals surface area contributed by atoms with Gasteiger partial charge in [0.05, 0.1) is 6.04 Å². The molecule has 0 spiro atoms. The molecule has 6 heteroatoms. The van der Waals surface area contributed by atoms with Crippen molar-refractivity contribution in [1.29, 1.82) is 0 Å². The standard InChI is InChI=1S/C8H15N3O3/c1-5-2-3-10-7(5)8(13)11-14-4-6(9)12/h5,7,10H,2-4H2,1H3,(H2,9,12)(H,11,13). The lowest BCUT2D eigenvalue weighted by molar-refractivity contribution is -0.139. The summed E-state index contributed by atoms with van der Waals surface area (Å²) in [5.41, 5.74) is 7.01. The summed E-state index contributed by atoms with van der Waals surface area (Å²) >= 11 is 0. The van der Waals surface area contributed by atoms with E-state index in [2.05, 4.69) is 15.6 Å². The van der Waals surface area contributed by atoms with E-state index in [0.29, 0.717) is 0 Å². The molecule has 4 N–H and O–H groups in total. The van der Waals surface area contributed by atoms with Gasteiger partial charge in [0.2, 0.25) is 5.91 Å². The number of nitrogens with two attached hydrogens (primary N) is 1. The Labute approximate surface area is 82.1 Å². The zero-order valence-electron chi connectivity index (χ0n) is 8.08. The molecular weight excluding hydrogens is 186 g/mol. The number of primary amides is 1. The third-order valence-corrected chi connectivity index (χ3v) is 2.20. The minimum atomic E-state index is -0.613. The molecule has 1 saturated heterocycles. The number of hydroxylamine groups is 1. The first-order chi connectivity index (χ1) is 6.61. The molecule has 0 aromatic rings. The summed E-state index contributed by atoms with van der Waals surface area (Å²) in [4.78, 5) is 26.3. The third kappa shape index (κ3) is 2.97. The van der Waals surface area contributed by atoms with Gasteiger partial charge in [-0.15, -0.1) is 0 Å². The van der Waals surface area contributed by atoms with E-state index in [1.165, 1.54) is 0 Å². The summed E-state index contributed by atoms with van der Waals surface area (Å²) in [5.74, 6) is -0.582. The topological polar surface area (TPSA) is 93.4 Å². The number of nitrogens with one attached hydrogen (secondary N) is 2. The molecule has 1 heterocycles. The van der Waals surface area contributed by atoms with Crippen molar-refractivity contribution >= 4 is 11.8 Å². The maximum absolute atomic E-state index is 11.4. The van der Waals surface area contributed by atoms with Gasteiger partial charge < -0.3 is 11.1 Å². The molecule has 0 saturated carbocycles. The van der Waals surface area contributed by atoms with Crippen molar-refractivity contribution in [3.05, 3.63) is 0 Å². The van der Waals surface area contributed by atoms with Crippen molar-refractivity contribution in [3.63, 3.8) is 0 Å². The van der Waals surface area contributed by atoms with E-state index < -0.39 is 5.91 Å². The summed E-state index contributed by atoms with van der Waals surface area (Å²) in [6.07, 6.45) is 0.966. The highest BCUT2D eigenvalue weighted by molar-refractivity contribution is 5.81. The predicted molar refractivity (Wildman–Crippen MR) is 48.9 cm³/mol. The molecular formula is C8H15N3O3. The molecule has 2 unspecified atom stereocenters. The summed E-state index contributed by atoms with van der Waals surface area (Å²) < 4.78 is 0. The Kier molecular flexibility index (Phi) is 3.84. The Morgan fingerprint density at radius 1 is 1.64 bits per heavy atom. The molecule has 0 aliphatic carbocycles. The summed E-state index contributed by atoms with van der Waals surface area (Å²) in [5, 5.41) is 3.04. The average Bonchev–Trinajstić information content (AvgIpc) is 2.50. The van der Waals surface area contributed by atoms with E-state index >= 15 is 0 Å². The summed E-state index contributed by atoms with van der Waals surface area (Å²) in [6.45, 7) is 2.51. The first-order valence-corrected chi connectivity index (χ1v) is 4.54. The smallest absolute Gasteiger partial charge is 0.260 e. The van der Waals surface area contributed by atoms with E-state index in [9.17, 15) is 9.59 Å². The van der Waals surface area contributed by atoms with Gasteiger partial charge >= 0.3 is 0 Å². The zero-order chi connectivity index (χ0) is 10.6. The second-order valence-electron chi connectivity index (χ2n) is 3.42. The molecule has 1 rings (SSSR count). The van der Waals surface area contributed by atoms with Crippen LogP contribution in [0, 0.1) is 5.92 Å². The van der Waals surface area contributed by atoms with Crippen LogP contribution in [-0.4, -0.2) is 31.0 Å². The second-order valence-corrected chi connectivity index (χ2v) is 3.42. The lowest BCUT2D eigenvalue weighted by atomic mass is 10.0. The monoisotopic (exact) mass is 201 g/mol. The Hall–Kier alpha value is -1.14. The van der Waals surface area contributed by atoms with Crippen LogP contribution in [0.3, 0.4) is 0 Å². The van der Waals surface area contributed by atoms with E-state index in [1.807, 2.05) is 6.92 Å². The van der Waals surface area contributed by atoms with Gasteiger partial charge in [-0.2, -0.15) is 0 Å². The molecule has 2 amide bonds. The van der Waals surface area contributed by atoms with Crippen LogP contribution >= 0.6 is 0 Å². The maximum Gasteiger partial charge on any atom is 0.260 e. The quantitative estimate of drug-likeness (QED) is 0.483. The highest BCUT2D eigenvalue weighted by Crippen LogP contribution is 2.13. The Morgan fingerprint density at radius 2 is 2.36 bits per heavy atom. The fraction of sp³-hybridized carbons (Fsp3) is 0.750. The van der Waals surface area contributed by atoms with Crippen molar-refractivity contribution in [1.82, 2.24) is 10.8 Å². The average molecular weight is 201 g/mol. The molecule has 1 fully saturated rings. The van der Waals surface area contributed by atoms with E-state index in [-0.39, 0.29) is 24.5 Å². The van der Waals surface area contributed by atoms with Gasteiger partial charge in [0.25, 0.3) is 5.91 Å². The van der Waals surface area contributed by atoms with Crippen molar-refractivity contribution < 1.29 is 14.4 Å². The third-order valence-electron chi connectivity index (χ3n) is 2.20. The van der Waals surface area contributed by atoms with Crippen LogP contribution in [0.15, 0.2) is 0 Å². The molecule has 0 aromatic heterocycles. The van der Waals surface area contributed by atoms with Gasteiger partial charge in [0.15, 0.2) is 6.61 Å². The van der Waals surface area contributed by atoms with Crippen molar-refractivity contribution in [2.24, 2.45) is 11.7 Å². The predicted octanol–water partition coefficient (Wildman–Crippen LogP) is -1.48. The second kappa shape index (κ2) is 4.92. The van der Waals surface area contributed by atoms with Gasteiger partial charge in [-0.3, -0.25) is 14.4 Å². The number of hydrogen-bond donors (Lipinski definition) is 3. The number of carbonyl (C=O) groups excluding carboxylic acids is 2. The molecule has 14 heavy (non-hydrogen) atoms. The van der Waals surface area contributed by atoms with Crippen LogP contribution in [0.4, 0.5) is 0 Å². The van der Waals surface area contributed by atoms with Gasteiger partial charge in [0.1, 0.15) is 0 Å². The normalized spacial score (nSPS) is 26.1. The minimum absolute atomic E-state index is 0.233. The molecule has 0 bridgehead atoms. The van der Waals surface area contributed by atoms with Crippen LogP contribution in [0.25, 0.3) is 0 Å². The van der Waals surface area contributed by atoms with Crippen molar-refractivity contribution in [3.8, 4) is 0 Å². The summed E-state index contributed by atoms with van der Waals surface area (Å²) in [6, 6.07) is -0.233. The lowest BCUT2D eigenvalue weighted by Gasteiger charge is -2.14. The summed E-state index contributed by atoms with van der Waals surface area (Å²) in [7, 11) is 0. The van der Waals surface area contributed by atoms with E-state index in [1.54, 1.807) is 0 Å². The van der Waals surface area contributed by atoms with Crippen LogP contribution in [0.2, 0.25) is 0 Å². The lowest BCUT2D eigenvalue weighted by Crippen LogP contribution is -2.44. The molecule has 1 aliphatic heterocycles. The molecule has 0 radical (unpaired) electrons. The highest BCUT2D eigenvalue weighted by Gasteiger charge is 2.29. The van der Waals surface area contributed by atoms with E-state index in [0.717, 1.165) is 13.0 Å². The van der Waals surface area contributed by atoms with Gasteiger partial charge in [0, 0.05) is 0 Å². The largest absolute Gasteiger partial charge is 0.368 e. The number of amides is 2. The minimum Gasteiger partial charge on any atom is -0.368 e. The first-order valence-electron chi connectivity index (χ1n) is 4.54. The maximum atomic E-state index is 11.4. The van der Waals surface area contributed by atoms with E-state index in [4.69, 9.17) is 5.73 Å². The number of rotatable bonds is 4. The zero-order valence-corrected chi connectivity index (χ0v) is 8.08. The van der Waals surface area contributed by atoms with Crippen LogP contribution in [0.5, 0.6) is 0 Å². The fourth-order valence-electron chi connectivity index (χ4n) is 1.43. The van der Waals surface area contributed by atoms with Gasteiger partial charge in [-0.1, -0.05) is 6.92 Å². The van der Waals surface area contributed by atoms with Gasteiger partial charge in [-0.05, 0) is 18.9 Å². The Balaban J connectivity index is 2.24. The SMILES string of the molecule is CC1CCNC1C(=O)NOCC(N)=O. The van der Waals surface area contributed by atoms with Crippen LogP contribution in [0.1, 0.15) is 13.3 Å². The fourth-order valence-corrected chi connectivity index (χ4v) is 1.43. The molecule has 0 aromatic carbocycles. The Bertz CT molecular complexity index is 232. The first kappa shape index (κ1) is 10.9. The van der Waals surface area contributed by atoms with Gasteiger partial charge in [-0.25, -0.2) is 5.48 Å². The molecule has 1 aliphatic rings. The van der Waals surface area contributed by atoms with Crippen LogP contribution < -0.4 is 16.5 Å². The number of hydrogen-bond acceptors (Lipinski definition) is 4. The molecule has 6 nitrogen and oxygen atoms in total. The highest BCUT2D eigenvalue weighted by atomic mass is 16.7. The van der Waals surface area contributed by atoms with Crippen molar-refractivity contribution in [2.75, 3.05) is 13.2 Å². The number of carbonyl (C=O) groups is 2. The van der Waals surface area contributed by atoms with Crippen LogP contribution in [-0.2, 0) is 14.4 Å². The molecule has 80 valence electrons. The molecule has 2 atom stereocenters.